The van der Waals surface area contributed by atoms with Gasteiger partial charge in [-0.2, -0.15) is 0 Å². The molecule has 0 aliphatic carbocycles. The average Bonchev–Trinajstić information content (AvgIpc) is 2.74. The number of nitrogens with zero attached hydrogens (tertiary/aromatic N) is 1. The molecule has 0 aliphatic rings. The smallest absolute Gasteiger partial charge is 0.224 e. The number of hydrogen-bond acceptors (Lipinski definition) is 1. The summed E-state index contributed by atoms with van der Waals surface area (Å²) in [7, 11) is 0. The molecule has 0 unspecified atom stereocenters. The summed E-state index contributed by atoms with van der Waals surface area (Å²) in [4.78, 5) is 12.1. The molecule has 0 bridgehead atoms. The normalized spacial score (nSPS) is 11.7. The van der Waals surface area contributed by atoms with Gasteiger partial charge in [0.25, 0.3) is 0 Å². The standard InChI is InChI=1S/C26H54N2O/c1-5-9-10-11-12-13-14-15-16-17-18-19-20-21-22-23-26(29)27-25-28(7-3,8-4)24-6-2/h5-25H2,1-4H3/p+1. The first kappa shape index (κ1) is 28.4. The van der Waals surface area contributed by atoms with Gasteiger partial charge < -0.3 is 9.80 Å². The van der Waals surface area contributed by atoms with E-state index in [0.29, 0.717) is 6.42 Å². The highest BCUT2D eigenvalue weighted by Gasteiger charge is 2.22. The highest BCUT2D eigenvalue weighted by atomic mass is 16.1. The predicted octanol–water partition coefficient (Wildman–Crippen LogP) is 7.59. The lowest BCUT2D eigenvalue weighted by molar-refractivity contribution is -0.926. The Balaban J connectivity index is 3.42. The fourth-order valence-corrected chi connectivity index (χ4v) is 4.32. The van der Waals surface area contributed by atoms with Crippen molar-refractivity contribution in [1.82, 2.24) is 5.32 Å². The van der Waals surface area contributed by atoms with E-state index in [1.807, 2.05) is 0 Å². The number of unbranched alkanes of at least 4 members (excludes halogenated alkanes) is 14. The topological polar surface area (TPSA) is 29.1 Å². The molecule has 29 heavy (non-hydrogen) atoms. The van der Waals surface area contributed by atoms with E-state index in [9.17, 15) is 4.79 Å². The summed E-state index contributed by atoms with van der Waals surface area (Å²) in [6.07, 6.45) is 22.4. The Hall–Kier alpha value is -0.570. The largest absolute Gasteiger partial charge is 0.309 e. The Morgan fingerprint density at radius 1 is 0.586 bits per heavy atom. The minimum absolute atomic E-state index is 0.250. The molecule has 0 aromatic rings. The summed E-state index contributed by atoms with van der Waals surface area (Å²) in [6, 6.07) is 0. The number of carbonyl (C=O) groups is 1. The van der Waals surface area contributed by atoms with Gasteiger partial charge in [-0.1, -0.05) is 104 Å². The number of nitrogens with one attached hydrogen (secondary N) is 1. The number of amides is 1. The quantitative estimate of drug-likeness (QED) is 0.111. The summed E-state index contributed by atoms with van der Waals surface area (Å²) in [5.74, 6) is 0.250. The first-order valence-corrected chi connectivity index (χ1v) is 13.3. The van der Waals surface area contributed by atoms with Crippen molar-refractivity contribution in [2.24, 2.45) is 0 Å². The molecule has 0 aromatic heterocycles. The van der Waals surface area contributed by atoms with Gasteiger partial charge in [0.2, 0.25) is 5.91 Å². The Morgan fingerprint density at radius 3 is 1.38 bits per heavy atom. The minimum atomic E-state index is 0.250. The lowest BCUT2D eigenvalue weighted by atomic mass is 10.0. The Bertz CT molecular complexity index is 353. The zero-order valence-electron chi connectivity index (χ0n) is 20.7. The SMILES string of the molecule is CCCCCCCCCCCCCCCCCC(=O)NC[N+](CC)(CC)CCC. The van der Waals surface area contributed by atoms with E-state index in [1.165, 1.54) is 96.3 Å². The van der Waals surface area contributed by atoms with Gasteiger partial charge in [-0.15, -0.1) is 0 Å². The zero-order chi connectivity index (χ0) is 21.6. The predicted molar refractivity (Wildman–Crippen MR) is 129 cm³/mol. The van der Waals surface area contributed by atoms with E-state index in [1.54, 1.807) is 0 Å². The van der Waals surface area contributed by atoms with Crippen molar-refractivity contribution >= 4 is 5.91 Å². The van der Waals surface area contributed by atoms with Gasteiger partial charge >= 0.3 is 0 Å². The lowest BCUT2D eigenvalue weighted by Crippen LogP contribution is -2.54. The van der Waals surface area contributed by atoms with Crippen molar-refractivity contribution in [3.8, 4) is 0 Å². The van der Waals surface area contributed by atoms with E-state index in [4.69, 9.17) is 0 Å². The summed E-state index contributed by atoms with van der Waals surface area (Å²) < 4.78 is 1.01. The third-order valence-corrected chi connectivity index (χ3v) is 6.66. The maximum Gasteiger partial charge on any atom is 0.224 e. The van der Waals surface area contributed by atoms with Crippen LogP contribution in [0.4, 0.5) is 0 Å². The van der Waals surface area contributed by atoms with Gasteiger partial charge in [0.1, 0.15) is 0 Å². The van der Waals surface area contributed by atoms with E-state index in [0.717, 1.165) is 37.2 Å². The molecule has 0 fully saturated rings. The molecule has 0 spiro atoms. The average molecular weight is 412 g/mol. The van der Waals surface area contributed by atoms with Crippen molar-refractivity contribution in [3.63, 3.8) is 0 Å². The molecule has 1 N–H and O–H groups in total. The third kappa shape index (κ3) is 16.9. The summed E-state index contributed by atoms with van der Waals surface area (Å²) >= 11 is 0. The zero-order valence-corrected chi connectivity index (χ0v) is 20.7. The van der Waals surface area contributed by atoms with Crippen molar-refractivity contribution in [2.75, 3.05) is 26.3 Å². The molecule has 0 aliphatic heterocycles. The third-order valence-electron chi connectivity index (χ3n) is 6.66. The van der Waals surface area contributed by atoms with E-state index in [-0.39, 0.29) is 5.91 Å². The van der Waals surface area contributed by atoms with E-state index in [2.05, 4.69) is 33.0 Å². The highest BCUT2D eigenvalue weighted by Crippen LogP contribution is 2.14. The second kappa shape index (κ2) is 20.7. The van der Waals surface area contributed by atoms with Gasteiger partial charge in [0.15, 0.2) is 6.67 Å². The van der Waals surface area contributed by atoms with Gasteiger partial charge in [-0.25, -0.2) is 0 Å². The molecule has 1 amide bonds. The van der Waals surface area contributed by atoms with Crippen LogP contribution in [-0.4, -0.2) is 36.7 Å². The lowest BCUT2D eigenvalue weighted by Gasteiger charge is -2.36. The van der Waals surface area contributed by atoms with Crippen LogP contribution in [0.1, 0.15) is 137 Å². The van der Waals surface area contributed by atoms with E-state index >= 15 is 0 Å². The van der Waals surface area contributed by atoms with Crippen LogP contribution < -0.4 is 5.32 Å². The molecule has 3 heteroatoms. The molecule has 0 saturated heterocycles. The Kier molecular flexibility index (Phi) is 20.3. The maximum absolute atomic E-state index is 12.1. The molecule has 0 heterocycles. The second-order valence-electron chi connectivity index (χ2n) is 9.16. The Labute approximate surface area is 184 Å². The summed E-state index contributed by atoms with van der Waals surface area (Å²) in [6.45, 7) is 13.2. The first-order valence-electron chi connectivity index (χ1n) is 13.3. The second-order valence-corrected chi connectivity index (χ2v) is 9.16. The van der Waals surface area contributed by atoms with Crippen LogP contribution in [0.3, 0.4) is 0 Å². The van der Waals surface area contributed by atoms with Crippen molar-refractivity contribution < 1.29 is 9.28 Å². The number of rotatable bonds is 22. The van der Waals surface area contributed by atoms with Crippen molar-refractivity contribution in [1.29, 1.82) is 0 Å². The van der Waals surface area contributed by atoms with Crippen LogP contribution in [-0.2, 0) is 4.79 Å². The Morgan fingerprint density at radius 2 is 1.00 bits per heavy atom. The summed E-state index contributed by atoms with van der Waals surface area (Å²) in [5, 5.41) is 3.19. The highest BCUT2D eigenvalue weighted by molar-refractivity contribution is 5.75. The van der Waals surface area contributed by atoms with Crippen LogP contribution in [0.15, 0.2) is 0 Å². The maximum atomic E-state index is 12.1. The van der Waals surface area contributed by atoms with Crippen LogP contribution in [0.25, 0.3) is 0 Å². The molecule has 0 radical (unpaired) electrons. The van der Waals surface area contributed by atoms with E-state index < -0.39 is 0 Å². The summed E-state index contributed by atoms with van der Waals surface area (Å²) in [5.41, 5.74) is 0. The minimum Gasteiger partial charge on any atom is -0.309 e. The molecule has 0 aromatic carbocycles. The number of hydrogen-bond donors (Lipinski definition) is 1. The van der Waals surface area contributed by atoms with Gasteiger partial charge in [0.05, 0.1) is 19.6 Å². The fourth-order valence-electron chi connectivity index (χ4n) is 4.32. The molecule has 0 atom stereocenters. The van der Waals surface area contributed by atoms with Gasteiger partial charge in [-0.3, -0.25) is 4.79 Å². The van der Waals surface area contributed by atoms with Crippen LogP contribution in [0.2, 0.25) is 0 Å². The first-order chi connectivity index (χ1) is 14.1. The molecular formula is C26H55N2O+. The van der Waals surface area contributed by atoms with Crippen LogP contribution in [0, 0.1) is 0 Å². The molecule has 0 rings (SSSR count). The molecular weight excluding hydrogens is 356 g/mol. The van der Waals surface area contributed by atoms with Gasteiger partial charge in [-0.05, 0) is 26.7 Å². The molecule has 0 saturated carbocycles. The van der Waals surface area contributed by atoms with Crippen LogP contribution in [0.5, 0.6) is 0 Å². The van der Waals surface area contributed by atoms with Gasteiger partial charge in [0, 0.05) is 6.42 Å². The monoisotopic (exact) mass is 411 g/mol. The fraction of sp³-hybridized carbons (Fsp3) is 0.962. The number of carbonyl (C=O) groups excluding carboxylic acids is 1. The van der Waals surface area contributed by atoms with Crippen LogP contribution >= 0.6 is 0 Å². The van der Waals surface area contributed by atoms with Crippen molar-refractivity contribution in [3.05, 3.63) is 0 Å². The molecule has 174 valence electrons. The van der Waals surface area contributed by atoms with Crippen molar-refractivity contribution in [2.45, 2.75) is 137 Å². The molecule has 3 nitrogen and oxygen atoms in total. The number of quaternary nitrogens is 1.